The van der Waals surface area contributed by atoms with Crippen molar-refractivity contribution in [2.24, 2.45) is 0 Å². The fourth-order valence-corrected chi connectivity index (χ4v) is 2.43. The first-order valence-corrected chi connectivity index (χ1v) is 6.96. The molecule has 2 aromatic rings. The molecule has 2 rings (SSSR count). The molecular weight excluding hydrogens is 323 g/mol. The Kier molecular flexibility index (Phi) is 4.90. The fraction of sp³-hybridized carbons (Fsp3) is 0.188. The number of benzene rings is 2. The second kappa shape index (κ2) is 6.66. The molecule has 0 spiro atoms. The molecule has 0 aliphatic heterocycles. The van der Waals surface area contributed by atoms with Crippen LogP contribution in [-0.2, 0) is 17.6 Å². The first-order valence-electron chi connectivity index (χ1n) is 6.17. The summed E-state index contributed by atoms with van der Waals surface area (Å²) in [4.78, 5) is 12.0. The number of ether oxygens (including phenoxy) is 1. The van der Waals surface area contributed by atoms with Crippen molar-refractivity contribution in [1.82, 2.24) is 0 Å². The van der Waals surface area contributed by atoms with Crippen molar-refractivity contribution in [1.29, 1.82) is 0 Å². The zero-order chi connectivity index (χ0) is 14.5. The molecule has 0 N–H and O–H groups in total. The van der Waals surface area contributed by atoms with Crippen molar-refractivity contribution in [3.8, 4) is 5.75 Å². The topological polar surface area (TPSA) is 26.3 Å². The van der Waals surface area contributed by atoms with Gasteiger partial charge in [0.1, 0.15) is 5.78 Å². The van der Waals surface area contributed by atoms with Crippen molar-refractivity contribution in [3.63, 3.8) is 0 Å². The standard InChI is InChI=1S/C16H14BrFO2/c1-20-16-6-5-12(10-15(16)18)9-14(19)8-11-3-2-4-13(17)7-11/h2-7,10H,8-9H2,1H3. The van der Waals surface area contributed by atoms with Crippen molar-refractivity contribution in [2.75, 3.05) is 7.11 Å². The van der Waals surface area contributed by atoms with Gasteiger partial charge in [0.05, 0.1) is 7.11 Å². The normalized spacial score (nSPS) is 10.3. The summed E-state index contributed by atoms with van der Waals surface area (Å²) in [7, 11) is 1.41. The molecule has 0 saturated heterocycles. The summed E-state index contributed by atoms with van der Waals surface area (Å²) < 4.78 is 19.3. The molecule has 0 aliphatic rings. The minimum absolute atomic E-state index is 0.0488. The molecule has 0 bridgehead atoms. The van der Waals surface area contributed by atoms with Crippen LogP contribution in [0.25, 0.3) is 0 Å². The molecule has 0 radical (unpaired) electrons. The smallest absolute Gasteiger partial charge is 0.165 e. The van der Waals surface area contributed by atoms with Gasteiger partial charge < -0.3 is 4.74 Å². The van der Waals surface area contributed by atoms with Gasteiger partial charge in [0.15, 0.2) is 11.6 Å². The largest absolute Gasteiger partial charge is 0.494 e. The third-order valence-electron chi connectivity index (χ3n) is 2.91. The number of hydrogen-bond donors (Lipinski definition) is 0. The summed E-state index contributed by atoms with van der Waals surface area (Å²) in [5, 5.41) is 0. The van der Waals surface area contributed by atoms with Gasteiger partial charge >= 0.3 is 0 Å². The van der Waals surface area contributed by atoms with E-state index in [2.05, 4.69) is 15.9 Å². The summed E-state index contributed by atoms with van der Waals surface area (Å²) in [5.74, 6) is -0.207. The van der Waals surface area contributed by atoms with Crippen LogP contribution in [0.2, 0.25) is 0 Å². The number of carbonyl (C=O) groups is 1. The van der Waals surface area contributed by atoms with Gasteiger partial charge in [-0.2, -0.15) is 0 Å². The number of carbonyl (C=O) groups excluding carboxylic acids is 1. The van der Waals surface area contributed by atoms with Crippen LogP contribution in [0.5, 0.6) is 5.75 Å². The minimum Gasteiger partial charge on any atom is -0.494 e. The Bertz CT molecular complexity index is 626. The number of ketones is 1. The molecule has 0 atom stereocenters. The molecule has 0 saturated carbocycles. The number of Topliss-reactive ketones (excluding diaryl/α,β-unsaturated/α-hetero) is 1. The Morgan fingerprint density at radius 1 is 1.15 bits per heavy atom. The van der Waals surface area contributed by atoms with Gasteiger partial charge in [-0.05, 0) is 35.4 Å². The van der Waals surface area contributed by atoms with E-state index in [0.29, 0.717) is 12.0 Å². The van der Waals surface area contributed by atoms with Gasteiger partial charge in [0.25, 0.3) is 0 Å². The maximum atomic E-state index is 13.5. The molecule has 0 aromatic heterocycles. The SMILES string of the molecule is COc1ccc(CC(=O)Cc2cccc(Br)c2)cc1F. The van der Waals surface area contributed by atoms with Crippen molar-refractivity contribution >= 4 is 21.7 Å². The number of hydrogen-bond acceptors (Lipinski definition) is 2. The minimum atomic E-state index is -0.444. The first kappa shape index (κ1) is 14.7. The van der Waals surface area contributed by atoms with Crippen LogP contribution >= 0.6 is 15.9 Å². The van der Waals surface area contributed by atoms with Crippen LogP contribution < -0.4 is 4.74 Å². The van der Waals surface area contributed by atoms with E-state index < -0.39 is 5.82 Å². The monoisotopic (exact) mass is 336 g/mol. The zero-order valence-corrected chi connectivity index (χ0v) is 12.6. The number of methoxy groups -OCH3 is 1. The van der Waals surface area contributed by atoms with E-state index in [1.54, 1.807) is 6.07 Å². The Morgan fingerprint density at radius 2 is 1.85 bits per heavy atom. The highest BCUT2D eigenvalue weighted by Gasteiger charge is 2.09. The lowest BCUT2D eigenvalue weighted by Gasteiger charge is -2.05. The zero-order valence-electron chi connectivity index (χ0n) is 11.0. The molecule has 20 heavy (non-hydrogen) atoms. The predicted molar refractivity (Wildman–Crippen MR) is 79.5 cm³/mol. The van der Waals surface area contributed by atoms with E-state index in [1.807, 2.05) is 24.3 Å². The van der Waals surface area contributed by atoms with E-state index >= 15 is 0 Å². The van der Waals surface area contributed by atoms with Crippen LogP contribution in [0.1, 0.15) is 11.1 Å². The van der Waals surface area contributed by atoms with Crippen molar-refractivity contribution in [3.05, 3.63) is 63.9 Å². The third kappa shape index (κ3) is 3.90. The molecular formula is C16H14BrFO2. The van der Waals surface area contributed by atoms with Gasteiger partial charge in [0, 0.05) is 17.3 Å². The van der Waals surface area contributed by atoms with Crippen LogP contribution in [0.15, 0.2) is 46.9 Å². The molecule has 0 fully saturated rings. The summed E-state index contributed by atoms with van der Waals surface area (Å²) in [6.07, 6.45) is 0.556. The van der Waals surface area contributed by atoms with Gasteiger partial charge in [-0.1, -0.05) is 34.1 Å². The highest BCUT2D eigenvalue weighted by Crippen LogP contribution is 2.19. The Hall–Kier alpha value is -1.68. The molecule has 2 nitrogen and oxygen atoms in total. The van der Waals surface area contributed by atoms with Crippen molar-refractivity contribution < 1.29 is 13.9 Å². The summed E-state index contributed by atoms with van der Waals surface area (Å²) in [5.41, 5.74) is 1.60. The van der Waals surface area contributed by atoms with Gasteiger partial charge in [-0.25, -0.2) is 4.39 Å². The molecule has 2 aromatic carbocycles. The van der Waals surface area contributed by atoms with E-state index in [-0.39, 0.29) is 18.0 Å². The fourth-order valence-electron chi connectivity index (χ4n) is 1.98. The average Bonchev–Trinajstić information content (AvgIpc) is 2.38. The lowest BCUT2D eigenvalue weighted by atomic mass is 10.0. The lowest BCUT2D eigenvalue weighted by Crippen LogP contribution is -2.07. The number of halogens is 2. The predicted octanol–water partition coefficient (Wildman–Crippen LogP) is 3.95. The van der Waals surface area contributed by atoms with E-state index in [1.165, 1.54) is 19.2 Å². The lowest BCUT2D eigenvalue weighted by molar-refractivity contribution is -0.117. The Labute approximate surface area is 125 Å². The molecule has 0 amide bonds. The van der Waals surface area contributed by atoms with Crippen LogP contribution in [0, 0.1) is 5.82 Å². The summed E-state index contributed by atoms with van der Waals surface area (Å²) in [6.45, 7) is 0. The third-order valence-corrected chi connectivity index (χ3v) is 3.40. The van der Waals surface area contributed by atoms with Gasteiger partial charge in [-0.15, -0.1) is 0 Å². The summed E-state index contributed by atoms with van der Waals surface area (Å²) in [6, 6.07) is 12.2. The molecule has 4 heteroatoms. The first-order chi connectivity index (χ1) is 9.58. The highest BCUT2D eigenvalue weighted by atomic mass is 79.9. The average molecular weight is 337 g/mol. The van der Waals surface area contributed by atoms with Crippen LogP contribution in [0.4, 0.5) is 4.39 Å². The summed E-state index contributed by atoms with van der Waals surface area (Å²) >= 11 is 3.37. The van der Waals surface area contributed by atoms with Crippen molar-refractivity contribution in [2.45, 2.75) is 12.8 Å². The molecule has 104 valence electrons. The van der Waals surface area contributed by atoms with E-state index in [9.17, 15) is 9.18 Å². The maximum absolute atomic E-state index is 13.5. The molecule has 0 aliphatic carbocycles. The Balaban J connectivity index is 2.03. The highest BCUT2D eigenvalue weighted by molar-refractivity contribution is 9.10. The molecule has 0 heterocycles. The molecule has 0 unspecified atom stereocenters. The van der Waals surface area contributed by atoms with Gasteiger partial charge in [0.2, 0.25) is 0 Å². The maximum Gasteiger partial charge on any atom is 0.165 e. The number of rotatable bonds is 5. The quantitative estimate of drug-likeness (QED) is 0.826. The van der Waals surface area contributed by atoms with E-state index in [4.69, 9.17) is 4.74 Å². The van der Waals surface area contributed by atoms with E-state index in [0.717, 1.165) is 10.0 Å². The van der Waals surface area contributed by atoms with Crippen LogP contribution in [0.3, 0.4) is 0 Å². The Morgan fingerprint density at radius 3 is 2.45 bits per heavy atom. The van der Waals surface area contributed by atoms with Crippen LogP contribution in [-0.4, -0.2) is 12.9 Å². The second-order valence-corrected chi connectivity index (χ2v) is 5.41. The second-order valence-electron chi connectivity index (χ2n) is 4.49. The van der Waals surface area contributed by atoms with Gasteiger partial charge in [-0.3, -0.25) is 4.79 Å².